The third kappa shape index (κ3) is 5.79. The fraction of sp³-hybridized carbons (Fsp3) is 0.333. The highest BCUT2D eigenvalue weighted by Crippen LogP contribution is 2.31. The van der Waals surface area contributed by atoms with Gasteiger partial charge in [0.05, 0.1) is 31.2 Å². The number of carbonyl (C=O) groups is 1. The van der Waals surface area contributed by atoms with E-state index in [1.807, 2.05) is 19.1 Å². The number of aromatic nitrogens is 3. The van der Waals surface area contributed by atoms with Crippen molar-refractivity contribution in [1.29, 1.82) is 0 Å². The number of benzene rings is 2. The van der Waals surface area contributed by atoms with E-state index < -0.39 is 41.0 Å². The van der Waals surface area contributed by atoms with Crippen LogP contribution in [-0.2, 0) is 22.3 Å². The summed E-state index contributed by atoms with van der Waals surface area (Å²) < 4.78 is 46.2. The molecule has 2 aromatic carbocycles. The molecule has 11 heteroatoms. The van der Waals surface area contributed by atoms with Crippen LogP contribution in [-0.4, -0.2) is 27.2 Å². The Morgan fingerprint density at radius 1 is 1.11 bits per heavy atom. The molecule has 2 atom stereocenters. The number of halogens is 3. The minimum atomic E-state index is -4.57. The summed E-state index contributed by atoms with van der Waals surface area (Å²) in [7, 11) is 1.20. The summed E-state index contributed by atoms with van der Waals surface area (Å²) in [5.74, 6) is -1.67. The van der Waals surface area contributed by atoms with Crippen LogP contribution in [0, 0.1) is 12.8 Å². The van der Waals surface area contributed by atoms with Crippen molar-refractivity contribution < 1.29 is 22.7 Å². The number of hydrogen-bond donors (Lipinski definition) is 1. The SMILES string of the molecule is COC(=O)[C@H](C)[C@H](C)n1c(=O)nc(Nc2cccc(C(F)(F)F)c2)n(Cc2ccc(C)cc2)c1=O. The molecule has 186 valence electrons. The molecule has 0 amide bonds. The molecule has 0 unspecified atom stereocenters. The summed E-state index contributed by atoms with van der Waals surface area (Å²) in [6.45, 7) is 4.91. The number of aryl methyl sites for hydroxylation is 1. The van der Waals surface area contributed by atoms with Crippen molar-refractivity contribution in [2.24, 2.45) is 5.92 Å². The number of rotatable bonds is 7. The normalized spacial score (nSPS) is 13.2. The fourth-order valence-electron chi connectivity index (χ4n) is 3.48. The van der Waals surface area contributed by atoms with Gasteiger partial charge in [-0.15, -0.1) is 0 Å². The third-order valence-electron chi connectivity index (χ3n) is 5.71. The first kappa shape index (κ1) is 25.7. The van der Waals surface area contributed by atoms with Crippen molar-refractivity contribution in [1.82, 2.24) is 14.1 Å². The molecule has 3 aromatic rings. The summed E-state index contributed by atoms with van der Waals surface area (Å²) in [4.78, 5) is 42.3. The number of esters is 1. The van der Waals surface area contributed by atoms with Gasteiger partial charge in [-0.25, -0.2) is 14.2 Å². The molecule has 1 N–H and O–H groups in total. The van der Waals surface area contributed by atoms with Gasteiger partial charge in [0.25, 0.3) is 0 Å². The topological polar surface area (TPSA) is 95.2 Å². The van der Waals surface area contributed by atoms with Crippen LogP contribution in [0.2, 0.25) is 0 Å². The first-order valence-corrected chi connectivity index (χ1v) is 10.7. The molecule has 3 rings (SSSR count). The maximum atomic E-state index is 13.5. The molecule has 0 aliphatic carbocycles. The Balaban J connectivity index is 2.14. The molecule has 0 saturated carbocycles. The van der Waals surface area contributed by atoms with E-state index in [1.165, 1.54) is 33.1 Å². The van der Waals surface area contributed by atoms with Gasteiger partial charge >= 0.3 is 23.5 Å². The highest BCUT2D eigenvalue weighted by molar-refractivity contribution is 5.72. The van der Waals surface area contributed by atoms with E-state index in [1.54, 1.807) is 12.1 Å². The van der Waals surface area contributed by atoms with Gasteiger partial charge in [0.15, 0.2) is 0 Å². The van der Waals surface area contributed by atoms with Crippen molar-refractivity contribution in [3.05, 3.63) is 86.2 Å². The molecule has 0 fully saturated rings. The summed E-state index contributed by atoms with van der Waals surface area (Å²) >= 11 is 0. The summed E-state index contributed by atoms with van der Waals surface area (Å²) in [6.07, 6.45) is -4.57. The Labute approximate surface area is 199 Å². The quantitative estimate of drug-likeness (QED) is 0.505. The largest absolute Gasteiger partial charge is 0.469 e. The molecule has 1 heterocycles. The molecule has 0 radical (unpaired) electrons. The van der Waals surface area contributed by atoms with E-state index in [4.69, 9.17) is 4.74 Å². The Morgan fingerprint density at radius 2 is 1.77 bits per heavy atom. The minimum absolute atomic E-state index is 0.00231. The van der Waals surface area contributed by atoms with Crippen LogP contribution in [0.5, 0.6) is 0 Å². The second kappa shape index (κ2) is 10.2. The Morgan fingerprint density at radius 3 is 2.37 bits per heavy atom. The molecule has 0 aliphatic rings. The highest BCUT2D eigenvalue weighted by Gasteiger charge is 2.31. The predicted molar refractivity (Wildman–Crippen MR) is 124 cm³/mol. The van der Waals surface area contributed by atoms with Gasteiger partial charge in [-0.3, -0.25) is 9.36 Å². The second-order valence-corrected chi connectivity index (χ2v) is 8.20. The molecule has 1 aromatic heterocycles. The maximum absolute atomic E-state index is 13.5. The number of ether oxygens (including phenoxy) is 1. The van der Waals surface area contributed by atoms with Gasteiger partial charge in [0, 0.05) is 5.69 Å². The molecule has 0 spiro atoms. The van der Waals surface area contributed by atoms with Gasteiger partial charge < -0.3 is 10.1 Å². The van der Waals surface area contributed by atoms with E-state index in [9.17, 15) is 27.6 Å². The van der Waals surface area contributed by atoms with Crippen LogP contribution in [0.4, 0.5) is 24.8 Å². The Hall–Kier alpha value is -3.89. The van der Waals surface area contributed by atoms with Gasteiger partial charge in [-0.1, -0.05) is 35.9 Å². The Kier molecular flexibility index (Phi) is 7.47. The van der Waals surface area contributed by atoms with E-state index >= 15 is 0 Å². The third-order valence-corrected chi connectivity index (χ3v) is 5.71. The monoisotopic (exact) mass is 490 g/mol. The lowest BCUT2D eigenvalue weighted by Gasteiger charge is -2.22. The van der Waals surface area contributed by atoms with Crippen molar-refractivity contribution in [2.75, 3.05) is 12.4 Å². The van der Waals surface area contributed by atoms with Crippen molar-refractivity contribution >= 4 is 17.6 Å². The van der Waals surface area contributed by atoms with Crippen molar-refractivity contribution in [3.8, 4) is 0 Å². The van der Waals surface area contributed by atoms with Crippen LogP contribution in [0.3, 0.4) is 0 Å². The lowest BCUT2D eigenvalue weighted by molar-refractivity contribution is -0.146. The standard InChI is InChI=1S/C24H25F3N4O4/c1-14-8-10-17(11-9-14)13-30-21(28-19-7-5-6-18(12-19)24(25,26)27)29-22(33)31(23(30)34)16(3)15(2)20(32)35-4/h5-12,15-16H,13H2,1-4H3,(H,28,29,33)/t15-,16+/m1/s1. The Bertz CT molecular complexity index is 1330. The number of methoxy groups -OCH3 is 1. The predicted octanol–water partition coefficient (Wildman–Crippen LogP) is 3.89. The number of carbonyl (C=O) groups excluding carboxylic acids is 1. The molecular formula is C24H25F3N4O4. The molecule has 35 heavy (non-hydrogen) atoms. The molecular weight excluding hydrogens is 465 g/mol. The van der Waals surface area contributed by atoms with E-state index in [0.717, 1.165) is 26.8 Å². The van der Waals surface area contributed by atoms with Crippen LogP contribution in [0.25, 0.3) is 0 Å². The van der Waals surface area contributed by atoms with E-state index in [0.29, 0.717) is 5.56 Å². The molecule has 0 aliphatic heterocycles. The number of nitrogens with zero attached hydrogens (tertiary/aromatic N) is 3. The smallest absolute Gasteiger partial charge is 0.416 e. The van der Waals surface area contributed by atoms with Gasteiger partial charge in [-0.2, -0.15) is 18.2 Å². The van der Waals surface area contributed by atoms with Gasteiger partial charge in [0.1, 0.15) is 0 Å². The van der Waals surface area contributed by atoms with Gasteiger partial charge in [-0.05, 0) is 44.5 Å². The fourth-order valence-corrected chi connectivity index (χ4v) is 3.48. The van der Waals surface area contributed by atoms with Crippen LogP contribution in [0.1, 0.15) is 36.6 Å². The van der Waals surface area contributed by atoms with E-state index in [-0.39, 0.29) is 18.2 Å². The summed E-state index contributed by atoms with van der Waals surface area (Å²) in [5.41, 5.74) is -0.935. The summed E-state index contributed by atoms with van der Waals surface area (Å²) in [5, 5.41) is 2.67. The zero-order valence-electron chi connectivity index (χ0n) is 19.6. The number of hydrogen-bond acceptors (Lipinski definition) is 6. The number of alkyl halides is 3. The van der Waals surface area contributed by atoms with Crippen molar-refractivity contribution in [2.45, 2.75) is 39.5 Å². The average Bonchev–Trinajstić information content (AvgIpc) is 2.81. The zero-order valence-corrected chi connectivity index (χ0v) is 19.6. The molecule has 0 saturated heterocycles. The number of anilines is 2. The highest BCUT2D eigenvalue weighted by atomic mass is 19.4. The van der Waals surface area contributed by atoms with Crippen LogP contribution >= 0.6 is 0 Å². The maximum Gasteiger partial charge on any atom is 0.416 e. The summed E-state index contributed by atoms with van der Waals surface area (Å²) in [6, 6.07) is 10.7. The van der Waals surface area contributed by atoms with Crippen molar-refractivity contribution in [3.63, 3.8) is 0 Å². The van der Waals surface area contributed by atoms with Gasteiger partial charge in [0.2, 0.25) is 5.95 Å². The second-order valence-electron chi connectivity index (χ2n) is 8.20. The lowest BCUT2D eigenvalue weighted by atomic mass is 10.0. The zero-order chi connectivity index (χ0) is 25.9. The first-order valence-electron chi connectivity index (χ1n) is 10.7. The van der Waals surface area contributed by atoms with Crippen LogP contribution < -0.4 is 16.7 Å². The lowest BCUT2D eigenvalue weighted by Crippen LogP contribution is -2.46. The van der Waals surface area contributed by atoms with E-state index in [2.05, 4.69) is 10.3 Å². The first-order chi connectivity index (χ1) is 16.4. The average molecular weight is 490 g/mol. The minimum Gasteiger partial charge on any atom is -0.469 e. The molecule has 0 bridgehead atoms. The number of nitrogens with one attached hydrogen (secondary N) is 1. The van der Waals surface area contributed by atoms with Crippen LogP contribution in [0.15, 0.2) is 58.1 Å². The molecule has 8 nitrogen and oxygen atoms in total.